The monoisotopic (exact) mass is 534 g/mol. The average molecular weight is 536 g/mol. The number of halogens is 6. The van der Waals surface area contributed by atoms with Crippen molar-refractivity contribution < 1.29 is 31.1 Å². The van der Waals surface area contributed by atoms with Crippen LogP contribution < -0.4 is 14.2 Å². The molecule has 2 aromatic rings. The van der Waals surface area contributed by atoms with Crippen LogP contribution in [-0.4, -0.2) is 45.9 Å². The number of ether oxygens (including phenoxy) is 2. The highest BCUT2D eigenvalue weighted by molar-refractivity contribution is 7.93. The SMILES string of the molecule is CCN(CC)CCOc1cc(NS(=O)(=O)c2c(Cl)cc(OC(F)(F)F)cc2Cl)ccc1Cl. The minimum atomic E-state index is -4.99. The van der Waals surface area contributed by atoms with Crippen molar-refractivity contribution in [3.05, 3.63) is 45.4 Å². The minimum absolute atomic E-state index is 0.0926. The largest absolute Gasteiger partial charge is 0.573 e. The Morgan fingerprint density at radius 2 is 1.59 bits per heavy atom. The Morgan fingerprint density at radius 1 is 1.00 bits per heavy atom. The number of nitrogens with zero attached hydrogens (tertiary/aromatic N) is 1. The van der Waals surface area contributed by atoms with Crippen molar-refractivity contribution >= 4 is 50.5 Å². The van der Waals surface area contributed by atoms with Gasteiger partial charge in [-0.15, -0.1) is 13.2 Å². The van der Waals surface area contributed by atoms with Crippen molar-refractivity contribution in [3.63, 3.8) is 0 Å². The van der Waals surface area contributed by atoms with E-state index in [-0.39, 0.29) is 16.5 Å². The molecule has 0 spiro atoms. The van der Waals surface area contributed by atoms with Crippen LogP contribution in [0.4, 0.5) is 18.9 Å². The first-order valence-electron chi connectivity index (χ1n) is 9.28. The molecule has 6 nitrogen and oxygen atoms in total. The molecule has 1 N–H and O–H groups in total. The van der Waals surface area contributed by atoms with E-state index in [0.717, 1.165) is 13.1 Å². The van der Waals surface area contributed by atoms with E-state index >= 15 is 0 Å². The Balaban J connectivity index is 2.23. The summed E-state index contributed by atoms with van der Waals surface area (Å²) in [5.41, 5.74) is 0.0926. The minimum Gasteiger partial charge on any atom is -0.491 e. The van der Waals surface area contributed by atoms with Crippen LogP contribution in [0.2, 0.25) is 15.1 Å². The molecule has 0 aromatic heterocycles. The number of nitrogens with one attached hydrogen (secondary N) is 1. The number of rotatable bonds is 10. The third-order valence-electron chi connectivity index (χ3n) is 4.22. The Hall–Kier alpha value is -1.59. The van der Waals surface area contributed by atoms with E-state index in [1.165, 1.54) is 18.2 Å². The third kappa shape index (κ3) is 7.48. The van der Waals surface area contributed by atoms with Crippen LogP contribution >= 0.6 is 34.8 Å². The Bertz CT molecular complexity index is 1030. The summed E-state index contributed by atoms with van der Waals surface area (Å²) < 4.78 is 74.5. The quantitative estimate of drug-likeness (QED) is 0.400. The fraction of sp³-hybridized carbons (Fsp3) is 0.368. The van der Waals surface area contributed by atoms with Gasteiger partial charge in [0, 0.05) is 24.7 Å². The summed E-state index contributed by atoms with van der Waals surface area (Å²) in [6, 6.07) is 5.62. The molecule has 0 unspecified atom stereocenters. The number of hydrogen-bond donors (Lipinski definition) is 1. The molecule has 0 saturated heterocycles. The summed E-state index contributed by atoms with van der Waals surface area (Å²) in [6.07, 6.45) is -4.99. The highest BCUT2D eigenvalue weighted by Crippen LogP contribution is 2.37. The van der Waals surface area contributed by atoms with Crippen molar-refractivity contribution in [1.82, 2.24) is 4.90 Å². The maximum absolute atomic E-state index is 12.8. The number of benzene rings is 2. The molecule has 13 heteroatoms. The van der Waals surface area contributed by atoms with Crippen molar-refractivity contribution in [1.29, 1.82) is 0 Å². The first-order chi connectivity index (χ1) is 14.9. The lowest BCUT2D eigenvalue weighted by Crippen LogP contribution is -2.27. The van der Waals surface area contributed by atoms with E-state index in [1.807, 2.05) is 13.8 Å². The zero-order chi connectivity index (χ0) is 24.1. The molecule has 0 bridgehead atoms. The van der Waals surface area contributed by atoms with Crippen LogP contribution in [-0.2, 0) is 10.0 Å². The van der Waals surface area contributed by atoms with Crippen LogP contribution in [0.1, 0.15) is 13.8 Å². The first-order valence-corrected chi connectivity index (χ1v) is 11.9. The lowest BCUT2D eigenvalue weighted by Gasteiger charge is -2.19. The van der Waals surface area contributed by atoms with E-state index < -0.39 is 37.1 Å². The fourth-order valence-electron chi connectivity index (χ4n) is 2.69. The highest BCUT2D eigenvalue weighted by Gasteiger charge is 2.32. The van der Waals surface area contributed by atoms with Crippen molar-refractivity contribution in [2.45, 2.75) is 25.1 Å². The second-order valence-corrected chi connectivity index (χ2v) is 9.23. The Labute approximate surface area is 199 Å². The lowest BCUT2D eigenvalue weighted by atomic mass is 10.3. The van der Waals surface area contributed by atoms with Gasteiger partial charge in [-0.2, -0.15) is 0 Å². The molecule has 2 aromatic carbocycles. The van der Waals surface area contributed by atoms with Crippen LogP contribution in [0, 0.1) is 0 Å². The van der Waals surface area contributed by atoms with E-state index in [0.29, 0.717) is 25.3 Å². The summed E-state index contributed by atoms with van der Waals surface area (Å²) in [6.45, 7) is 6.71. The van der Waals surface area contributed by atoms with E-state index in [2.05, 4.69) is 14.4 Å². The second kappa shape index (κ2) is 11.0. The van der Waals surface area contributed by atoms with Crippen LogP contribution in [0.3, 0.4) is 0 Å². The summed E-state index contributed by atoms with van der Waals surface area (Å²) in [4.78, 5) is 1.53. The standard InChI is InChI=1S/C19H20Cl3F3N2O4S/c1-3-27(4-2)7-8-30-17-9-12(5-6-14(17)20)26-32(28,29)18-15(21)10-13(11-16(18)22)31-19(23,24)25/h5-6,9-11,26H,3-4,7-8H2,1-2H3. The van der Waals surface area contributed by atoms with E-state index in [1.54, 1.807) is 0 Å². The van der Waals surface area contributed by atoms with Gasteiger partial charge in [-0.3, -0.25) is 4.72 Å². The number of hydrogen-bond acceptors (Lipinski definition) is 5. The van der Waals surface area contributed by atoms with Crippen molar-refractivity contribution in [3.8, 4) is 11.5 Å². The Kier molecular flexibility index (Phi) is 9.18. The van der Waals surface area contributed by atoms with Crippen LogP contribution in [0.25, 0.3) is 0 Å². The van der Waals surface area contributed by atoms with Gasteiger partial charge in [0.1, 0.15) is 23.0 Å². The van der Waals surface area contributed by atoms with E-state index in [4.69, 9.17) is 39.5 Å². The number of alkyl halides is 3. The van der Waals surface area contributed by atoms with Gasteiger partial charge >= 0.3 is 6.36 Å². The normalized spacial score (nSPS) is 12.2. The molecule has 0 aliphatic carbocycles. The molecule has 0 aliphatic heterocycles. The highest BCUT2D eigenvalue weighted by atomic mass is 35.5. The smallest absolute Gasteiger partial charge is 0.491 e. The summed E-state index contributed by atoms with van der Waals surface area (Å²) in [5, 5.41) is -0.819. The van der Waals surface area contributed by atoms with Crippen molar-refractivity contribution in [2.24, 2.45) is 0 Å². The van der Waals surface area contributed by atoms with Gasteiger partial charge in [0.2, 0.25) is 0 Å². The summed E-state index contributed by atoms with van der Waals surface area (Å²) in [7, 11) is -4.36. The van der Waals surface area contributed by atoms with Gasteiger partial charge < -0.3 is 14.4 Å². The third-order valence-corrected chi connectivity index (χ3v) is 6.83. The van der Waals surface area contributed by atoms with Crippen molar-refractivity contribution in [2.75, 3.05) is 31.0 Å². The van der Waals surface area contributed by atoms with Gasteiger partial charge in [-0.25, -0.2) is 8.42 Å². The predicted octanol–water partition coefficient (Wildman–Crippen LogP) is 6.07. The molecule has 0 amide bonds. The van der Waals surface area contributed by atoms with Gasteiger partial charge in [0.15, 0.2) is 0 Å². The lowest BCUT2D eigenvalue weighted by molar-refractivity contribution is -0.274. The topological polar surface area (TPSA) is 67.9 Å². The van der Waals surface area contributed by atoms with Gasteiger partial charge in [0.25, 0.3) is 10.0 Å². The molecule has 0 radical (unpaired) electrons. The molecular formula is C19H20Cl3F3N2O4S. The predicted molar refractivity (Wildman–Crippen MR) is 119 cm³/mol. The zero-order valence-electron chi connectivity index (χ0n) is 17.0. The molecule has 2 rings (SSSR count). The first kappa shape index (κ1) is 26.7. The molecule has 32 heavy (non-hydrogen) atoms. The van der Waals surface area contributed by atoms with Gasteiger partial charge in [0.05, 0.1) is 20.8 Å². The molecule has 0 atom stereocenters. The fourth-order valence-corrected chi connectivity index (χ4v) is 5.11. The Morgan fingerprint density at radius 3 is 2.12 bits per heavy atom. The number of anilines is 1. The van der Waals surface area contributed by atoms with Crippen LogP contribution in [0.15, 0.2) is 35.2 Å². The van der Waals surface area contributed by atoms with Gasteiger partial charge in [-0.05, 0) is 25.2 Å². The summed E-state index contributed by atoms with van der Waals surface area (Å²) >= 11 is 17.9. The average Bonchev–Trinajstić information content (AvgIpc) is 2.65. The van der Waals surface area contributed by atoms with E-state index in [9.17, 15) is 21.6 Å². The van der Waals surface area contributed by atoms with Gasteiger partial charge in [-0.1, -0.05) is 48.7 Å². The zero-order valence-corrected chi connectivity index (χ0v) is 20.1. The maximum Gasteiger partial charge on any atom is 0.573 e. The molecule has 0 heterocycles. The molecular weight excluding hydrogens is 516 g/mol. The molecule has 0 aliphatic rings. The maximum atomic E-state index is 12.8. The van der Waals surface area contributed by atoms with Crippen LogP contribution in [0.5, 0.6) is 11.5 Å². The second-order valence-electron chi connectivity index (χ2n) is 6.39. The number of likely N-dealkylation sites (N-methyl/N-ethyl adjacent to an activating group) is 1. The molecule has 178 valence electrons. The molecule has 0 fully saturated rings. The molecule has 0 saturated carbocycles. The number of sulfonamides is 1. The summed E-state index contributed by atoms with van der Waals surface area (Å²) in [5.74, 6) is -0.494.